The molecule has 0 unspecified atom stereocenters. The van der Waals surface area contributed by atoms with E-state index in [1.54, 1.807) is 6.20 Å². The second-order valence-electron chi connectivity index (χ2n) is 4.09. The van der Waals surface area contributed by atoms with Gasteiger partial charge in [-0.05, 0) is 26.7 Å². The summed E-state index contributed by atoms with van der Waals surface area (Å²) in [5.41, 5.74) is 5.31. The monoisotopic (exact) mass is 206 g/mol. The van der Waals surface area contributed by atoms with Crippen molar-refractivity contribution in [3.05, 3.63) is 17.6 Å². The average Bonchev–Trinajstić information content (AvgIpc) is 2.25. The van der Waals surface area contributed by atoms with E-state index in [4.69, 9.17) is 0 Å². The summed E-state index contributed by atoms with van der Waals surface area (Å²) in [5, 5.41) is 2.22. The van der Waals surface area contributed by atoms with E-state index in [-0.39, 0.29) is 0 Å². The minimum absolute atomic E-state index is 0.861. The molecular formula is C11H18N4. The molecule has 1 saturated heterocycles. The molecule has 1 aromatic heterocycles. The van der Waals surface area contributed by atoms with Crippen molar-refractivity contribution in [1.82, 2.24) is 15.0 Å². The van der Waals surface area contributed by atoms with Crippen LogP contribution in [0.2, 0.25) is 0 Å². The zero-order valence-corrected chi connectivity index (χ0v) is 9.45. The molecule has 1 aromatic rings. The fourth-order valence-corrected chi connectivity index (χ4v) is 1.76. The maximum Gasteiger partial charge on any atom is 0.159 e. The van der Waals surface area contributed by atoms with Gasteiger partial charge in [0.05, 0.1) is 17.6 Å². The van der Waals surface area contributed by atoms with Crippen molar-refractivity contribution < 1.29 is 0 Å². The van der Waals surface area contributed by atoms with Gasteiger partial charge in [0.1, 0.15) is 0 Å². The van der Waals surface area contributed by atoms with Gasteiger partial charge >= 0.3 is 0 Å². The van der Waals surface area contributed by atoms with Crippen molar-refractivity contribution in [2.45, 2.75) is 33.1 Å². The van der Waals surface area contributed by atoms with Gasteiger partial charge in [0.15, 0.2) is 5.82 Å². The van der Waals surface area contributed by atoms with Crippen molar-refractivity contribution in [3.8, 4) is 0 Å². The molecule has 0 bridgehead atoms. The Kier molecular flexibility index (Phi) is 3.16. The van der Waals surface area contributed by atoms with Crippen LogP contribution in [0, 0.1) is 13.8 Å². The number of hydrazine groups is 1. The molecule has 0 radical (unpaired) electrons. The van der Waals surface area contributed by atoms with Crippen LogP contribution in [0.25, 0.3) is 0 Å². The van der Waals surface area contributed by atoms with Gasteiger partial charge < -0.3 is 5.43 Å². The third-order valence-electron chi connectivity index (χ3n) is 2.82. The second-order valence-corrected chi connectivity index (χ2v) is 4.09. The molecule has 2 heterocycles. The van der Waals surface area contributed by atoms with E-state index in [1.165, 1.54) is 19.3 Å². The number of hydrogen-bond donors (Lipinski definition) is 1. The lowest BCUT2D eigenvalue weighted by Crippen LogP contribution is -2.35. The smallest absolute Gasteiger partial charge is 0.159 e. The quantitative estimate of drug-likeness (QED) is 0.802. The van der Waals surface area contributed by atoms with Gasteiger partial charge in [0.25, 0.3) is 0 Å². The van der Waals surface area contributed by atoms with Crippen LogP contribution < -0.4 is 5.43 Å². The van der Waals surface area contributed by atoms with Gasteiger partial charge in [0.2, 0.25) is 0 Å². The number of piperidine rings is 1. The number of nitrogens with one attached hydrogen (secondary N) is 1. The second kappa shape index (κ2) is 4.57. The van der Waals surface area contributed by atoms with E-state index in [2.05, 4.69) is 20.4 Å². The summed E-state index contributed by atoms with van der Waals surface area (Å²) in [5.74, 6) is 0.861. The highest BCUT2D eigenvalue weighted by Gasteiger charge is 2.10. The first-order valence-electron chi connectivity index (χ1n) is 5.57. The molecule has 0 saturated carbocycles. The summed E-state index contributed by atoms with van der Waals surface area (Å²) >= 11 is 0. The number of hydrogen-bond acceptors (Lipinski definition) is 4. The summed E-state index contributed by atoms with van der Waals surface area (Å²) < 4.78 is 0. The molecule has 0 amide bonds. The van der Waals surface area contributed by atoms with Gasteiger partial charge in [-0.25, -0.2) is 9.99 Å². The summed E-state index contributed by atoms with van der Waals surface area (Å²) in [7, 11) is 0. The van der Waals surface area contributed by atoms with Crippen molar-refractivity contribution in [3.63, 3.8) is 0 Å². The van der Waals surface area contributed by atoms with Gasteiger partial charge in [-0.1, -0.05) is 6.42 Å². The summed E-state index contributed by atoms with van der Waals surface area (Å²) in [6.07, 6.45) is 5.68. The molecule has 0 atom stereocenters. The van der Waals surface area contributed by atoms with Crippen LogP contribution in [-0.2, 0) is 0 Å². The van der Waals surface area contributed by atoms with Crippen LogP contribution in [0.4, 0.5) is 5.82 Å². The largest absolute Gasteiger partial charge is 0.302 e. The standard InChI is InChI=1S/C11H18N4/c1-9-10(2)13-11(8-12-9)14-15-6-4-3-5-7-15/h8H,3-7H2,1-2H3,(H,13,14). The SMILES string of the molecule is Cc1ncc(NN2CCCCC2)nc1C. The highest BCUT2D eigenvalue weighted by molar-refractivity contribution is 5.32. The minimum Gasteiger partial charge on any atom is -0.302 e. The molecular weight excluding hydrogens is 188 g/mol. The Labute approximate surface area is 90.7 Å². The number of aryl methyl sites for hydroxylation is 2. The van der Waals surface area contributed by atoms with E-state index in [0.29, 0.717) is 0 Å². The van der Waals surface area contributed by atoms with E-state index in [0.717, 1.165) is 30.3 Å². The molecule has 0 aromatic carbocycles. The van der Waals surface area contributed by atoms with E-state index in [1.807, 2.05) is 13.8 Å². The van der Waals surface area contributed by atoms with Crippen molar-refractivity contribution in [2.24, 2.45) is 0 Å². The first-order chi connectivity index (χ1) is 7.25. The lowest BCUT2D eigenvalue weighted by Gasteiger charge is -2.27. The number of aromatic nitrogens is 2. The third-order valence-corrected chi connectivity index (χ3v) is 2.82. The Balaban J connectivity index is 2.00. The maximum atomic E-state index is 4.45. The zero-order chi connectivity index (χ0) is 10.7. The number of nitrogens with zero attached hydrogens (tertiary/aromatic N) is 3. The fraction of sp³-hybridized carbons (Fsp3) is 0.636. The van der Waals surface area contributed by atoms with Crippen molar-refractivity contribution in [2.75, 3.05) is 18.5 Å². The molecule has 82 valence electrons. The molecule has 0 spiro atoms. The Bertz CT molecular complexity index is 331. The molecule has 15 heavy (non-hydrogen) atoms. The van der Waals surface area contributed by atoms with Crippen LogP contribution >= 0.6 is 0 Å². The number of rotatable bonds is 2. The summed E-state index contributed by atoms with van der Waals surface area (Å²) in [6, 6.07) is 0. The zero-order valence-electron chi connectivity index (χ0n) is 9.45. The highest BCUT2D eigenvalue weighted by Crippen LogP contribution is 2.11. The van der Waals surface area contributed by atoms with E-state index >= 15 is 0 Å². The molecule has 4 nitrogen and oxygen atoms in total. The van der Waals surface area contributed by atoms with E-state index < -0.39 is 0 Å². The van der Waals surface area contributed by atoms with Gasteiger partial charge in [-0.2, -0.15) is 0 Å². The molecule has 1 aliphatic heterocycles. The van der Waals surface area contributed by atoms with Crippen LogP contribution in [0.1, 0.15) is 30.7 Å². The lowest BCUT2D eigenvalue weighted by atomic mass is 10.2. The molecule has 0 aliphatic carbocycles. The topological polar surface area (TPSA) is 41.1 Å². The van der Waals surface area contributed by atoms with Crippen LogP contribution in [0.15, 0.2) is 6.20 Å². The predicted molar refractivity (Wildman–Crippen MR) is 60.6 cm³/mol. The molecule has 4 heteroatoms. The Morgan fingerprint density at radius 3 is 2.53 bits per heavy atom. The van der Waals surface area contributed by atoms with Crippen molar-refractivity contribution >= 4 is 5.82 Å². The minimum atomic E-state index is 0.861. The van der Waals surface area contributed by atoms with E-state index in [9.17, 15) is 0 Å². The van der Waals surface area contributed by atoms with Crippen LogP contribution in [0.3, 0.4) is 0 Å². The first-order valence-corrected chi connectivity index (χ1v) is 5.57. The third kappa shape index (κ3) is 2.65. The maximum absolute atomic E-state index is 4.45. The Morgan fingerprint density at radius 2 is 1.87 bits per heavy atom. The molecule has 1 aliphatic rings. The molecule has 2 rings (SSSR count). The number of anilines is 1. The fourth-order valence-electron chi connectivity index (χ4n) is 1.76. The molecule has 1 fully saturated rings. The lowest BCUT2D eigenvalue weighted by molar-refractivity contribution is 0.272. The summed E-state index contributed by atoms with van der Waals surface area (Å²) in [4.78, 5) is 8.74. The average molecular weight is 206 g/mol. The van der Waals surface area contributed by atoms with Gasteiger partial charge in [-0.15, -0.1) is 0 Å². The Hall–Kier alpha value is -1.16. The normalized spacial score (nSPS) is 17.7. The highest BCUT2D eigenvalue weighted by atomic mass is 15.5. The Morgan fingerprint density at radius 1 is 1.13 bits per heavy atom. The summed E-state index contributed by atoms with van der Waals surface area (Å²) in [6.45, 7) is 6.18. The predicted octanol–water partition coefficient (Wildman–Crippen LogP) is 1.91. The first kappa shape index (κ1) is 10.4. The van der Waals surface area contributed by atoms with Gasteiger partial charge in [0, 0.05) is 13.1 Å². The van der Waals surface area contributed by atoms with Crippen molar-refractivity contribution in [1.29, 1.82) is 0 Å². The van der Waals surface area contributed by atoms with Crippen LogP contribution in [-0.4, -0.2) is 28.1 Å². The van der Waals surface area contributed by atoms with Crippen LogP contribution in [0.5, 0.6) is 0 Å². The van der Waals surface area contributed by atoms with Gasteiger partial charge in [-0.3, -0.25) is 4.98 Å². The molecule has 1 N–H and O–H groups in total.